The molecule has 0 bridgehead atoms. The van der Waals surface area contributed by atoms with Gasteiger partial charge in [-0.05, 0) is 117 Å². The molecule has 1 aromatic heterocycles. The Balaban J connectivity index is 1.93. The van der Waals surface area contributed by atoms with Crippen molar-refractivity contribution >= 4 is 21.7 Å². The van der Waals surface area contributed by atoms with Crippen molar-refractivity contribution in [3.63, 3.8) is 0 Å². The van der Waals surface area contributed by atoms with Crippen LogP contribution in [0.4, 0.5) is 0 Å². The number of aromatic nitrogens is 1. The molecule has 0 N–H and O–H groups in total. The molecule has 1 heterocycles. The highest BCUT2D eigenvalue weighted by atomic mass is 14.7. The third-order valence-electron chi connectivity index (χ3n) is 8.62. The lowest BCUT2D eigenvalue weighted by Crippen LogP contribution is -2.12. The van der Waals surface area contributed by atoms with Crippen LogP contribution in [-0.2, 0) is 5.41 Å². The fourth-order valence-electron chi connectivity index (χ4n) is 6.45. The van der Waals surface area contributed by atoms with Crippen LogP contribution in [0.2, 0.25) is 0 Å². The van der Waals surface area contributed by atoms with Crippen LogP contribution in [0.15, 0.2) is 66.7 Å². The number of benzene rings is 4. The minimum atomic E-state index is 0.0186. The maximum absolute atomic E-state index is 5.38. The molecule has 41 heavy (non-hydrogen) atoms. The minimum Gasteiger partial charge on any atom is -0.248 e. The summed E-state index contributed by atoms with van der Waals surface area (Å²) in [6.45, 7) is 25.3. The monoisotopic (exact) mass is 541 g/mol. The topological polar surface area (TPSA) is 12.9 Å². The smallest absolute Gasteiger partial charge is 0.0721 e. The molecular weight excluding hydrogens is 494 g/mol. The van der Waals surface area contributed by atoms with E-state index in [-0.39, 0.29) is 5.41 Å². The Bertz CT molecular complexity index is 1730. The Hall–Kier alpha value is -3.45. The first-order valence-electron chi connectivity index (χ1n) is 15.4. The van der Waals surface area contributed by atoms with E-state index in [1.807, 2.05) is 0 Å². The van der Waals surface area contributed by atoms with Crippen molar-refractivity contribution in [2.24, 2.45) is 0 Å². The normalized spacial score (nSPS) is 12.4. The number of nitrogens with zero attached hydrogens (tertiary/aromatic N) is 1. The number of hydrogen-bond donors (Lipinski definition) is 0. The first-order chi connectivity index (χ1) is 19.3. The molecule has 1 nitrogen and oxygen atoms in total. The molecule has 0 spiro atoms. The lowest BCUT2D eigenvalue weighted by molar-refractivity contribution is 0.596. The van der Waals surface area contributed by atoms with Gasteiger partial charge in [-0.1, -0.05) is 105 Å². The summed E-state index contributed by atoms with van der Waals surface area (Å²) in [4.78, 5) is 5.38. The zero-order chi connectivity index (χ0) is 29.8. The molecule has 0 aliphatic carbocycles. The SMILES string of the molecule is Cc1cc(C)c2c(-c3c(C(C)C)cc(C(C)C)cc3C(C)C)cc(-c3cc(C(C)(C)C)c4ccccc4c3)nc2c1. The molecule has 0 atom stereocenters. The third-order valence-corrected chi connectivity index (χ3v) is 8.62. The second-order valence-corrected chi connectivity index (χ2v) is 14.1. The van der Waals surface area contributed by atoms with E-state index in [4.69, 9.17) is 4.98 Å². The molecule has 0 saturated carbocycles. The molecule has 0 aliphatic heterocycles. The first kappa shape index (κ1) is 29.1. The summed E-state index contributed by atoms with van der Waals surface area (Å²) in [5, 5.41) is 3.87. The van der Waals surface area contributed by atoms with E-state index in [0.29, 0.717) is 17.8 Å². The highest BCUT2D eigenvalue weighted by Crippen LogP contribution is 2.44. The van der Waals surface area contributed by atoms with Crippen molar-refractivity contribution in [3.05, 3.63) is 100 Å². The van der Waals surface area contributed by atoms with E-state index in [0.717, 1.165) is 11.2 Å². The Morgan fingerprint density at radius 1 is 0.683 bits per heavy atom. The molecular formula is C40H47N. The fraction of sp³-hybridized carbons (Fsp3) is 0.375. The summed E-state index contributed by atoms with van der Waals surface area (Å²) in [5.41, 5.74) is 14.3. The Kier molecular flexibility index (Phi) is 7.62. The molecule has 0 radical (unpaired) electrons. The van der Waals surface area contributed by atoms with Crippen molar-refractivity contribution in [1.82, 2.24) is 4.98 Å². The van der Waals surface area contributed by atoms with E-state index in [2.05, 4.69) is 143 Å². The van der Waals surface area contributed by atoms with Gasteiger partial charge in [0.25, 0.3) is 0 Å². The summed E-state index contributed by atoms with van der Waals surface area (Å²) in [5.74, 6) is 1.31. The summed E-state index contributed by atoms with van der Waals surface area (Å²) >= 11 is 0. The highest BCUT2D eigenvalue weighted by Gasteiger charge is 2.23. The molecule has 5 rings (SSSR count). The zero-order valence-corrected chi connectivity index (χ0v) is 27.0. The van der Waals surface area contributed by atoms with Gasteiger partial charge in [-0.3, -0.25) is 0 Å². The molecule has 5 aromatic rings. The van der Waals surface area contributed by atoms with Gasteiger partial charge in [0, 0.05) is 10.9 Å². The van der Waals surface area contributed by atoms with E-state index >= 15 is 0 Å². The molecule has 0 unspecified atom stereocenters. The highest BCUT2D eigenvalue weighted by molar-refractivity contribution is 6.01. The zero-order valence-electron chi connectivity index (χ0n) is 27.0. The predicted molar refractivity (Wildman–Crippen MR) is 181 cm³/mol. The average Bonchev–Trinajstić information content (AvgIpc) is 2.90. The number of pyridine rings is 1. The maximum Gasteiger partial charge on any atom is 0.0721 e. The van der Waals surface area contributed by atoms with Crippen LogP contribution in [0.3, 0.4) is 0 Å². The van der Waals surface area contributed by atoms with Crippen molar-refractivity contribution < 1.29 is 0 Å². The lowest BCUT2D eigenvalue weighted by Gasteiger charge is -2.25. The van der Waals surface area contributed by atoms with E-state index < -0.39 is 0 Å². The maximum atomic E-state index is 5.38. The average molecular weight is 542 g/mol. The van der Waals surface area contributed by atoms with Gasteiger partial charge in [0.1, 0.15) is 0 Å². The van der Waals surface area contributed by atoms with Gasteiger partial charge in [-0.15, -0.1) is 0 Å². The fourth-order valence-corrected chi connectivity index (χ4v) is 6.45. The summed E-state index contributed by atoms with van der Waals surface area (Å²) < 4.78 is 0. The van der Waals surface area contributed by atoms with Crippen LogP contribution in [0, 0.1) is 13.8 Å². The van der Waals surface area contributed by atoms with Crippen molar-refractivity contribution in [1.29, 1.82) is 0 Å². The van der Waals surface area contributed by atoms with E-state index in [9.17, 15) is 0 Å². The predicted octanol–water partition coefficient (Wildman–Crippen LogP) is 12.0. The summed E-state index contributed by atoms with van der Waals surface area (Å²) in [7, 11) is 0. The standard InChI is InChI=1S/C40H47N/c1-23(2)29-19-32(24(3)4)39(33(20-29)25(5)6)34-22-36(41-37-17-26(7)16-27(8)38(34)37)30-18-28-14-12-13-15-31(28)35(21-30)40(9,10)11/h12-25H,1-11H3. The Morgan fingerprint density at radius 2 is 1.32 bits per heavy atom. The van der Waals surface area contributed by atoms with Crippen molar-refractivity contribution in [2.45, 2.75) is 99.3 Å². The number of aryl methyl sites for hydroxylation is 2. The van der Waals surface area contributed by atoms with E-state index in [1.165, 1.54) is 66.2 Å². The quantitative estimate of drug-likeness (QED) is 0.216. The summed E-state index contributed by atoms with van der Waals surface area (Å²) in [6.07, 6.45) is 0. The van der Waals surface area contributed by atoms with Crippen molar-refractivity contribution in [3.8, 4) is 22.4 Å². The number of rotatable bonds is 5. The van der Waals surface area contributed by atoms with Gasteiger partial charge < -0.3 is 0 Å². The molecule has 0 amide bonds. The first-order valence-corrected chi connectivity index (χ1v) is 15.4. The molecule has 0 aliphatic rings. The number of fused-ring (bicyclic) bond motifs is 2. The molecule has 0 saturated heterocycles. The van der Waals surface area contributed by atoms with Crippen LogP contribution in [-0.4, -0.2) is 4.98 Å². The van der Waals surface area contributed by atoms with Crippen LogP contribution in [0.25, 0.3) is 44.1 Å². The molecule has 1 heteroatoms. The second kappa shape index (κ2) is 10.8. The molecule has 212 valence electrons. The van der Waals surface area contributed by atoms with Crippen LogP contribution >= 0.6 is 0 Å². The summed E-state index contributed by atoms with van der Waals surface area (Å²) in [6, 6.07) is 25.4. The van der Waals surface area contributed by atoms with Crippen LogP contribution in [0.1, 0.15) is 113 Å². The van der Waals surface area contributed by atoms with Crippen LogP contribution in [0.5, 0.6) is 0 Å². The van der Waals surface area contributed by atoms with Gasteiger partial charge in [0.05, 0.1) is 11.2 Å². The van der Waals surface area contributed by atoms with E-state index in [1.54, 1.807) is 0 Å². The largest absolute Gasteiger partial charge is 0.248 e. The third kappa shape index (κ3) is 5.44. The van der Waals surface area contributed by atoms with Gasteiger partial charge in [-0.2, -0.15) is 0 Å². The van der Waals surface area contributed by atoms with Crippen LogP contribution < -0.4 is 0 Å². The van der Waals surface area contributed by atoms with Crippen molar-refractivity contribution in [2.75, 3.05) is 0 Å². The van der Waals surface area contributed by atoms with Gasteiger partial charge in [-0.25, -0.2) is 4.98 Å². The number of hydrogen-bond acceptors (Lipinski definition) is 1. The Labute approximate surface area is 248 Å². The van der Waals surface area contributed by atoms with Gasteiger partial charge in [0.2, 0.25) is 0 Å². The van der Waals surface area contributed by atoms with Gasteiger partial charge >= 0.3 is 0 Å². The Morgan fingerprint density at radius 3 is 1.90 bits per heavy atom. The lowest BCUT2D eigenvalue weighted by atomic mass is 9.79. The second-order valence-electron chi connectivity index (χ2n) is 14.1. The van der Waals surface area contributed by atoms with Gasteiger partial charge in [0.15, 0.2) is 0 Å². The molecule has 0 fully saturated rings. The minimum absolute atomic E-state index is 0.0186. The molecule has 4 aromatic carbocycles.